The van der Waals surface area contributed by atoms with Crippen LogP contribution < -0.4 is 14.2 Å². The molecule has 0 aliphatic rings. The van der Waals surface area contributed by atoms with Crippen LogP contribution in [0.2, 0.25) is 0 Å². The monoisotopic (exact) mass is 504 g/mol. The first-order chi connectivity index (χ1) is 14.6. The van der Waals surface area contributed by atoms with Crippen molar-refractivity contribution >= 4 is 21.9 Å². The van der Waals surface area contributed by atoms with Gasteiger partial charge in [-0.3, -0.25) is 4.79 Å². The fraction of sp³-hybridized carbons (Fsp3) is 0.409. The summed E-state index contributed by atoms with van der Waals surface area (Å²) in [6, 6.07) is 9.79. The smallest absolute Gasteiger partial charge is 0.493 e. The Bertz CT molecular complexity index is 886. The van der Waals surface area contributed by atoms with Crippen molar-refractivity contribution in [2.24, 2.45) is 0 Å². The van der Waals surface area contributed by atoms with Gasteiger partial charge in [0.25, 0.3) is 0 Å². The summed E-state index contributed by atoms with van der Waals surface area (Å²) < 4.78 is 58.3. The second-order valence-electron chi connectivity index (χ2n) is 6.87. The van der Waals surface area contributed by atoms with Gasteiger partial charge in [-0.1, -0.05) is 22.0 Å². The van der Waals surface area contributed by atoms with Gasteiger partial charge in [-0.15, -0.1) is 13.2 Å². The van der Waals surface area contributed by atoms with Crippen LogP contribution in [0, 0.1) is 6.92 Å². The van der Waals surface area contributed by atoms with Crippen molar-refractivity contribution in [3.63, 3.8) is 0 Å². The molecule has 0 heterocycles. The van der Waals surface area contributed by atoms with Crippen LogP contribution in [0.15, 0.2) is 40.9 Å². The molecule has 0 spiro atoms. The molecule has 0 saturated heterocycles. The van der Waals surface area contributed by atoms with Gasteiger partial charge in [-0.25, -0.2) is 0 Å². The lowest BCUT2D eigenvalue weighted by Crippen LogP contribution is -2.20. The topological polar surface area (TPSA) is 54.0 Å². The number of aryl methyl sites for hydroxylation is 2. The Labute approximate surface area is 187 Å². The number of carbonyl (C=O) groups is 1. The average molecular weight is 505 g/mol. The highest BCUT2D eigenvalue weighted by Crippen LogP contribution is 2.35. The van der Waals surface area contributed by atoms with E-state index in [9.17, 15) is 18.0 Å². The van der Waals surface area contributed by atoms with Crippen molar-refractivity contribution in [2.45, 2.75) is 45.6 Å². The maximum absolute atomic E-state index is 12.6. The minimum Gasteiger partial charge on any atom is -0.493 e. The van der Waals surface area contributed by atoms with Crippen LogP contribution in [0.5, 0.6) is 17.2 Å². The minimum absolute atomic E-state index is 0.00108. The number of alkyl halides is 3. The van der Waals surface area contributed by atoms with Gasteiger partial charge in [0.1, 0.15) is 5.75 Å². The number of hydrogen-bond acceptors (Lipinski definition) is 5. The molecule has 1 atom stereocenters. The second kappa shape index (κ2) is 11.3. The maximum atomic E-state index is 12.6. The first kappa shape index (κ1) is 24.8. The van der Waals surface area contributed by atoms with Gasteiger partial charge in [-0.2, -0.15) is 0 Å². The summed E-state index contributed by atoms with van der Waals surface area (Å²) in [7, 11) is 1.36. The number of halogens is 4. The highest BCUT2D eigenvalue weighted by molar-refractivity contribution is 9.10. The molecule has 0 bridgehead atoms. The molecule has 0 amide bonds. The SMILES string of the molecule is COC(=O)CCc1ccc(OCCC(C)Oc2ccc(Br)cc2OC(F)(F)F)cc1C. The first-order valence-electron chi connectivity index (χ1n) is 9.58. The Hall–Kier alpha value is -2.42. The lowest BCUT2D eigenvalue weighted by Gasteiger charge is -2.19. The molecule has 1 unspecified atom stereocenters. The minimum atomic E-state index is -4.81. The van der Waals surface area contributed by atoms with E-state index in [0.717, 1.165) is 11.1 Å². The molecule has 170 valence electrons. The van der Waals surface area contributed by atoms with Crippen LogP contribution in [0.25, 0.3) is 0 Å². The Balaban J connectivity index is 1.88. The van der Waals surface area contributed by atoms with E-state index in [4.69, 9.17) is 9.47 Å². The van der Waals surface area contributed by atoms with Crippen LogP contribution in [0.3, 0.4) is 0 Å². The van der Waals surface area contributed by atoms with Gasteiger partial charge >= 0.3 is 12.3 Å². The molecule has 2 rings (SSSR count). The summed E-state index contributed by atoms with van der Waals surface area (Å²) >= 11 is 3.12. The predicted octanol–water partition coefficient (Wildman–Crippen LogP) is 6.00. The summed E-state index contributed by atoms with van der Waals surface area (Å²) in [5.74, 6) is -0.00817. The van der Waals surface area contributed by atoms with Crippen molar-refractivity contribution < 1.29 is 36.9 Å². The maximum Gasteiger partial charge on any atom is 0.573 e. The van der Waals surface area contributed by atoms with Gasteiger partial charge < -0.3 is 18.9 Å². The van der Waals surface area contributed by atoms with Crippen molar-refractivity contribution in [2.75, 3.05) is 13.7 Å². The largest absolute Gasteiger partial charge is 0.573 e. The summed E-state index contributed by atoms with van der Waals surface area (Å²) in [6.45, 7) is 3.99. The highest BCUT2D eigenvalue weighted by Gasteiger charge is 2.32. The zero-order valence-electron chi connectivity index (χ0n) is 17.4. The summed E-state index contributed by atoms with van der Waals surface area (Å²) in [6.07, 6.45) is -3.88. The van der Waals surface area contributed by atoms with E-state index in [1.54, 1.807) is 13.0 Å². The third-order valence-corrected chi connectivity index (χ3v) is 4.89. The highest BCUT2D eigenvalue weighted by atomic mass is 79.9. The molecular formula is C22H24BrF3O5. The Morgan fingerprint density at radius 3 is 2.52 bits per heavy atom. The van der Waals surface area contributed by atoms with Crippen LogP contribution >= 0.6 is 15.9 Å². The Morgan fingerprint density at radius 2 is 1.87 bits per heavy atom. The van der Waals surface area contributed by atoms with Gasteiger partial charge in [0.05, 0.1) is 19.8 Å². The number of esters is 1. The number of ether oxygens (including phenoxy) is 4. The van der Waals surface area contributed by atoms with Crippen molar-refractivity contribution in [1.29, 1.82) is 0 Å². The zero-order valence-corrected chi connectivity index (χ0v) is 19.0. The summed E-state index contributed by atoms with van der Waals surface area (Å²) in [5.41, 5.74) is 2.02. The molecule has 2 aromatic carbocycles. The van der Waals surface area contributed by atoms with Crippen LogP contribution in [0.4, 0.5) is 13.2 Å². The lowest BCUT2D eigenvalue weighted by atomic mass is 10.0. The number of methoxy groups -OCH3 is 1. The number of carbonyl (C=O) groups excluding carboxylic acids is 1. The summed E-state index contributed by atoms with van der Waals surface area (Å²) in [5, 5.41) is 0. The standard InChI is InChI=1S/C22H24BrF3O5/c1-14-12-18(7-4-16(14)5-9-21(27)28-3)29-11-10-15(2)30-19-8-6-17(23)13-20(19)31-22(24,25)26/h4,6-8,12-13,15H,5,9-11H2,1-3H3. The molecule has 2 aromatic rings. The molecule has 31 heavy (non-hydrogen) atoms. The number of benzene rings is 2. The second-order valence-corrected chi connectivity index (χ2v) is 7.78. The van der Waals surface area contributed by atoms with E-state index in [1.165, 1.54) is 19.2 Å². The van der Waals surface area contributed by atoms with Crippen LogP contribution in [-0.4, -0.2) is 32.2 Å². The quantitative estimate of drug-likeness (QED) is 0.371. The Kier molecular flexibility index (Phi) is 9.03. The third kappa shape index (κ3) is 8.69. The van der Waals surface area contributed by atoms with Gasteiger partial charge in [-0.05, 0) is 61.7 Å². The van der Waals surface area contributed by atoms with E-state index >= 15 is 0 Å². The van der Waals surface area contributed by atoms with Gasteiger partial charge in [0.2, 0.25) is 0 Å². The van der Waals surface area contributed by atoms with Gasteiger partial charge in [0, 0.05) is 17.3 Å². The lowest BCUT2D eigenvalue weighted by molar-refractivity contribution is -0.275. The predicted molar refractivity (Wildman–Crippen MR) is 113 cm³/mol. The molecule has 0 fully saturated rings. The molecule has 9 heteroatoms. The third-order valence-electron chi connectivity index (χ3n) is 4.39. The zero-order chi connectivity index (χ0) is 23.0. The molecule has 5 nitrogen and oxygen atoms in total. The number of hydrogen-bond donors (Lipinski definition) is 0. The van der Waals surface area contributed by atoms with Gasteiger partial charge in [0.15, 0.2) is 11.5 Å². The van der Waals surface area contributed by atoms with E-state index in [2.05, 4.69) is 25.4 Å². The molecule has 0 saturated carbocycles. The number of rotatable bonds is 10. The molecule has 0 aromatic heterocycles. The molecule has 0 aliphatic heterocycles. The fourth-order valence-electron chi connectivity index (χ4n) is 2.78. The molecule has 0 radical (unpaired) electrons. The van der Waals surface area contributed by atoms with Crippen molar-refractivity contribution in [1.82, 2.24) is 0 Å². The van der Waals surface area contributed by atoms with Crippen molar-refractivity contribution in [3.05, 3.63) is 52.0 Å². The van der Waals surface area contributed by atoms with E-state index < -0.39 is 18.2 Å². The van der Waals surface area contributed by atoms with Crippen LogP contribution in [0.1, 0.15) is 30.9 Å². The fourth-order valence-corrected chi connectivity index (χ4v) is 3.12. The summed E-state index contributed by atoms with van der Waals surface area (Å²) in [4.78, 5) is 11.3. The normalized spacial score (nSPS) is 12.2. The van der Waals surface area contributed by atoms with E-state index in [1.807, 2.05) is 25.1 Å². The molecule has 0 N–H and O–H groups in total. The van der Waals surface area contributed by atoms with E-state index in [-0.39, 0.29) is 11.7 Å². The molecular weight excluding hydrogens is 481 g/mol. The molecule has 0 aliphatic carbocycles. The first-order valence-corrected chi connectivity index (χ1v) is 10.4. The van der Waals surface area contributed by atoms with Crippen molar-refractivity contribution in [3.8, 4) is 17.2 Å². The van der Waals surface area contributed by atoms with E-state index in [0.29, 0.717) is 36.1 Å². The Morgan fingerprint density at radius 1 is 1.13 bits per heavy atom. The average Bonchev–Trinajstić information content (AvgIpc) is 2.68. The van der Waals surface area contributed by atoms with Crippen LogP contribution in [-0.2, 0) is 16.0 Å².